The first-order valence-corrected chi connectivity index (χ1v) is 10.9. The van der Waals surface area contributed by atoms with E-state index >= 15 is 0 Å². The van der Waals surface area contributed by atoms with Gasteiger partial charge in [-0.2, -0.15) is 0 Å². The van der Waals surface area contributed by atoms with Gasteiger partial charge in [-0.25, -0.2) is 0 Å². The molecule has 3 fully saturated rings. The van der Waals surface area contributed by atoms with Gasteiger partial charge in [0.15, 0.2) is 0 Å². The van der Waals surface area contributed by atoms with E-state index in [9.17, 15) is 9.90 Å². The molecule has 0 aromatic heterocycles. The number of hydrogen-bond acceptors (Lipinski definition) is 3. The molecule has 4 heteroatoms. The molecule has 148 valence electrons. The summed E-state index contributed by atoms with van der Waals surface area (Å²) < 4.78 is 0. The van der Waals surface area contributed by atoms with Gasteiger partial charge in [-0.15, -0.1) is 0 Å². The number of aliphatic hydroxyl groups is 1. The average Bonchev–Trinajstić information content (AvgIpc) is 3.54. The van der Waals surface area contributed by atoms with Crippen molar-refractivity contribution < 1.29 is 9.90 Å². The lowest BCUT2D eigenvalue weighted by Crippen LogP contribution is -2.59. The predicted molar refractivity (Wildman–Crippen MR) is 108 cm³/mol. The molecule has 3 aliphatic rings. The van der Waals surface area contributed by atoms with Gasteiger partial charge in [0, 0.05) is 38.8 Å². The van der Waals surface area contributed by atoms with Crippen molar-refractivity contribution >= 4 is 5.91 Å². The minimum absolute atomic E-state index is 0.206. The zero-order chi connectivity index (χ0) is 18.7. The van der Waals surface area contributed by atoms with Crippen molar-refractivity contribution in [1.29, 1.82) is 0 Å². The van der Waals surface area contributed by atoms with Crippen molar-refractivity contribution in [2.45, 2.75) is 62.8 Å². The molecule has 1 aliphatic heterocycles. The second-order valence-corrected chi connectivity index (χ2v) is 8.86. The van der Waals surface area contributed by atoms with Gasteiger partial charge < -0.3 is 10.0 Å². The van der Waals surface area contributed by atoms with Gasteiger partial charge in [-0.3, -0.25) is 9.69 Å². The molecule has 1 saturated heterocycles. The molecule has 1 atom stereocenters. The maximum Gasteiger partial charge on any atom is 0.233 e. The number of carbonyl (C=O) groups excluding carboxylic acids is 1. The molecule has 1 aromatic carbocycles. The highest BCUT2D eigenvalue weighted by Gasteiger charge is 2.45. The highest BCUT2D eigenvalue weighted by molar-refractivity contribution is 5.88. The maximum absolute atomic E-state index is 13.8. The Morgan fingerprint density at radius 3 is 2.48 bits per heavy atom. The lowest BCUT2D eigenvalue weighted by atomic mass is 9.68. The molecule has 0 spiro atoms. The van der Waals surface area contributed by atoms with Gasteiger partial charge >= 0.3 is 0 Å². The summed E-state index contributed by atoms with van der Waals surface area (Å²) >= 11 is 0. The Bertz CT molecular complexity index is 623. The van der Waals surface area contributed by atoms with Crippen molar-refractivity contribution in [3.05, 3.63) is 35.9 Å². The van der Waals surface area contributed by atoms with Gasteiger partial charge in [0.25, 0.3) is 0 Å². The van der Waals surface area contributed by atoms with Crippen LogP contribution in [0.15, 0.2) is 30.3 Å². The zero-order valence-corrected chi connectivity index (χ0v) is 16.5. The summed E-state index contributed by atoms with van der Waals surface area (Å²) in [6, 6.07) is 10.8. The van der Waals surface area contributed by atoms with E-state index in [2.05, 4.69) is 34.1 Å². The molecule has 1 heterocycles. The molecule has 27 heavy (non-hydrogen) atoms. The normalized spacial score (nSPS) is 26.1. The van der Waals surface area contributed by atoms with E-state index in [1.54, 1.807) is 0 Å². The zero-order valence-electron chi connectivity index (χ0n) is 16.5. The summed E-state index contributed by atoms with van der Waals surface area (Å²) in [5.41, 5.74) is 0.871. The van der Waals surface area contributed by atoms with E-state index in [0.29, 0.717) is 11.9 Å². The molecule has 2 saturated carbocycles. The molecule has 1 aromatic rings. The van der Waals surface area contributed by atoms with Crippen molar-refractivity contribution in [2.24, 2.45) is 5.92 Å². The molecule has 4 nitrogen and oxygen atoms in total. The van der Waals surface area contributed by atoms with Crippen LogP contribution in [0.25, 0.3) is 0 Å². The first-order chi connectivity index (χ1) is 13.2. The number of aliphatic hydroxyl groups excluding tert-OH is 1. The molecule has 1 amide bonds. The van der Waals surface area contributed by atoms with Crippen LogP contribution in [0, 0.1) is 5.92 Å². The molecule has 4 rings (SSSR count). The van der Waals surface area contributed by atoms with Crippen LogP contribution in [0.4, 0.5) is 0 Å². The Morgan fingerprint density at radius 1 is 1.07 bits per heavy atom. The Morgan fingerprint density at radius 2 is 1.81 bits per heavy atom. The highest BCUT2D eigenvalue weighted by Crippen LogP contribution is 2.41. The van der Waals surface area contributed by atoms with Gasteiger partial charge in [0.1, 0.15) is 0 Å². The molecular formula is C23H34N2O2. The second kappa shape index (κ2) is 8.32. The number of nitrogens with zero attached hydrogens (tertiary/aromatic N) is 2. The first-order valence-electron chi connectivity index (χ1n) is 10.9. The third-order valence-electron chi connectivity index (χ3n) is 6.99. The topological polar surface area (TPSA) is 43.8 Å². The Balaban J connectivity index is 1.52. The average molecular weight is 371 g/mol. The summed E-state index contributed by atoms with van der Waals surface area (Å²) in [7, 11) is 0. The van der Waals surface area contributed by atoms with Crippen LogP contribution in [-0.2, 0) is 10.2 Å². The molecule has 2 aliphatic carbocycles. The summed E-state index contributed by atoms with van der Waals surface area (Å²) in [5.74, 6) is 1.19. The van der Waals surface area contributed by atoms with Crippen molar-refractivity contribution in [3.8, 4) is 0 Å². The third-order valence-corrected chi connectivity index (χ3v) is 6.99. The fraction of sp³-hybridized carbons (Fsp3) is 0.696. The molecule has 0 bridgehead atoms. The van der Waals surface area contributed by atoms with E-state index in [-0.39, 0.29) is 12.0 Å². The number of rotatable bonds is 6. The number of carbonyl (C=O) groups is 1. The van der Waals surface area contributed by atoms with Crippen molar-refractivity contribution in [3.63, 3.8) is 0 Å². The Labute approximate surface area is 163 Å². The molecular weight excluding hydrogens is 336 g/mol. The molecule has 0 radical (unpaired) electrons. The van der Waals surface area contributed by atoms with Crippen LogP contribution in [0.2, 0.25) is 0 Å². The monoisotopic (exact) mass is 370 g/mol. The Hall–Kier alpha value is -1.39. The minimum Gasteiger partial charge on any atom is -0.396 e. The van der Waals surface area contributed by atoms with Gasteiger partial charge in [0.2, 0.25) is 5.91 Å². The first kappa shape index (κ1) is 18.9. The van der Waals surface area contributed by atoms with Crippen LogP contribution in [0.3, 0.4) is 0 Å². The highest BCUT2D eigenvalue weighted by atomic mass is 16.3. The third kappa shape index (κ3) is 4.07. The smallest absolute Gasteiger partial charge is 0.233 e. The minimum atomic E-state index is -0.331. The second-order valence-electron chi connectivity index (χ2n) is 8.86. The predicted octanol–water partition coefficient (Wildman–Crippen LogP) is 3.19. The fourth-order valence-electron chi connectivity index (χ4n) is 5.21. The van der Waals surface area contributed by atoms with E-state index in [1.807, 2.05) is 6.07 Å². The van der Waals surface area contributed by atoms with Crippen LogP contribution in [0.1, 0.15) is 56.9 Å². The van der Waals surface area contributed by atoms with Crippen LogP contribution in [-0.4, -0.2) is 59.6 Å². The van der Waals surface area contributed by atoms with Crippen LogP contribution < -0.4 is 0 Å². The number of hydrogen-bond donors (Lipinski definition) is 1. The SMILES string of the molecule is O=C(N1CCN(CC2CC2)C(CCO)C1)C1(c2ccccc2)CCCCC1. The summed E-state index contributed by atoms with van der Waals surface area (Å²) in [6.45, 7) is 3.93. The van der Waals surface area contributed by atoms with Gasteiger partial charge in [0.05, 0.1) is 5.41 Å². The van der Waals surface area contributed by atoms with E-state index in [0.717, 1.165) is 64.2 Å². The molecule has 1 N–H and O–H groups in total. The van der Waals surface area contributed by atoms with E-state index in [1.165, 1.54) is 24.8 Å². The largest absolute Gasteiger partial charge is 0.396 e. The molecule has 1 unspecified atom stereocenters. The van der Waals surface area contributed by atoms with Gasteiger partial charge in [-0.1, -0.05) is 49.6 Å². The fourth-order valence-corrected chi connectivity index (χ4v) is 5.21. The number of piperazine rings is 1. The lowest BCUT2D eigenvalue weighted by Gasteiger charge is -2.46. The summed E-state index contributed by atoms with van der Waals surface area (Å²) in [5, 5.41) is 9.56. The van der Waals surface area contributed by atoms with E-state index < -0.39 is 0 Å². The van der Waals surface area contributed by atoms with Crippen molar-refractivity contribution in [1.82, 2.24) is 9.80 Å². The van der Waals surface area contributed by atoms with E-state index in [4.69, 9.17) is 0 Å². The maximum atomic E-state index is 13.8. The number of benzene rings is 1. The quantitative estimate of drug-likeness (QED) is 0.836. The van der Waals surface area contributed by atoms with Crippen LogP contribution >= 0.6 is 0 Å². The van der Waals surface area contributed by atoms with Gasteiger partial charge in [-0.05, 0) is 43.6 Å². The van der Waals surface area contributed by atoms with Crippen LogP contribution in [0.5, 0.6) is 0 Å². The summed E-state index contributed by atoms with van der Waals surface area (Å²) in [4.78, 5) is 18.5. The number of amides is 1. The van der Waals surface area contributed by atoms with Crippen molar-refractivity contribution in [2.75, 3.05) is 32.8 Å². The Kier molecular flexibility index (Phi) is 5.84. The lowest BCUT2D eigenvalue weighted by molar-refractivity contribution is -0.142. The summed E-state index contributed by atoms with van der Waals surface area (Å²) in [6.07, 6.45) is 8.94. The standard InChI is InChI=1S/C23H34N2O2/c26-16-11-21-18-25(15-14-24(21)17-19-9-10-19)22(27)23(12-5-2-6-13-23)20-7-3-1-4-8-20/h1,3-4,7-8,19,21,26H,2,5-6,9-18H2.